The highest BCUT2D eigenvalue weighted by molar-refractivity contribution is 6.31. The van der Waals surface area contributed by atoms with Crippen molar-refractivity contribution in [3.05, 3.63) is 28.8 Å². The van der Waals surface area contributed by atoms with E-state index in [0.29, 0.717) is 0 Å². The number of carboxylic acids is 1. The highest BCUT2D eigenvalue weighted by Gasteiger charge is 2.30. The third kappa shape index (κ3) is 4.44. The fourth-order valence-corrected chi connectivity index (χ4v) is 1.66. The molecule has 3 nitrogen and oxygen atoms in total. The fourth-order valence-electron chi connectivity index (χ4n) is 1.48. The van der Waals surface area contributed by atoms with Crippen LogP contribution in [0.3, 0.4) is 0 Å². The predicted molar refractivity (Wildman–Crippen MR) is 62.2 cm³/mol. The molecule has 0 aliphatic carbocycles. The van der Waals surface area contributed by atoms with Crippen LogP contribution < -0.4 is 5.32 Å². The summed E-state index contributed by atoms with van der Waals surface area (Å²) in [6.45, 7) is 1.33. The molecule has 0 saturated carbocycles. The highest BCUT2D eigenvalue weighted by Crippen LogP contribution is 2.26. The maximum absolute atomic E-state index is 12.2. The Bertz CT molecular complexity index is 448. The number of hydrogen-bond acceptors (Lipinski definition) is 2. The third-order valence-electron chi connectivity index (χ3n) is 2.15. The van der Waals surface area contributed by atoms with E-state index >= 15 is 0 Å². The summed E-state index contributed by atoms with van der Waals surface area (Å²) in [5.41, 5.74) is -0.0415. The summed E-state index contributed by atoms with van der Waals surface area (Å²) >= 11 is 5.63. The minimum Gasteiger partial charge on any atom is -0.478 e. The fraction of sp³-hybridized carbons (Fsp3) is 0.364. The van der Waals surface area contributed by atoms with E-state index in [4.69, 9.17) is 16.7 Å². The average Bonchev–Trinajstić information content (AvgIpc) is 2.17. The van der Waals surface area contributed by atoms with Crippen LogP contribution in [0.15, 0.2) is 18.2 Å². The van der Waals surface area contributed by atoms with Crippen LogP contribution in [0.25, 0.3) is 0 Å². The summed E-state index contributed by atoms with van der Waals surface area (Å²) in [5, 5.41) is 11.6. The van der Waals surface area contributed by atoms with Crippen molar-refractivity contribution in [3.63, 3.8) is 0 Å². The molecule has 0 spiro atoms. The zero-order valence-corrected chi connectivity index (χ0v) is 10.1. The van der Waals surface area contributed by atoms with Crippen molar-refractivity contribution in [1.29, 1.82) is 0 Å². The van der Waals surface area contributed by atoms with Crippen LogP contribution in [0.5, 0.6) is 0 Å². The normalized spacial score (nSPS) is 13.2. The van der Waals surface area contributed by atoms with Crippen LogP contribution in [0, 0.1) is 0 Å². The molecule has 0 saturated heterocycles. The van der Waals surface area contributed by atoms with Gasteiger partial charge in [0.1, 0.15) is 0 Å². The van der Waals surface area contributed by atoms with Gasteiger partial charge in [0.25, 0.3) is 0 Å². The first-order chi connectivity index (χ1) is 8.19. The van der Waals surface area contributed by atoms with Crippen LogP contribution >= 0.6 is 11.6 Å². The average molecular weight is 282 g/mol. The quantitative estimate of drug-likeness (QED) is 0.883. The number of benzene rings is 1. The van der Waals surface area contributed by atoms with Gasteiger partial charge in [-0.1, -0.05) is 11.6 Å². The van der Waals surface area contributed by atoms with Crippen LogP contribution in [0.1, 0.15) is 23.7 Å². The van der Waals surface area contributed by atoms with E-state index < -0.39 is 24.6 Å². The predicted octanol–water partition coefficient (Wildman–Crippen LogP) is 3.79. The lowest BCUT2D eigenvalue weighted by Crippen LogP contribution is -2.24. The first-order valence-corrected chi connectivity index (χ1v) is 5.43. The van der Waals surface area contributed by atoms with E-state index in [9.17, 15) is 18.0 Å². The van der Waals surface area contributed by atoms with Gasteiger partial charge in [0.2, 0.25) is 0 Å². The molecular formula is C11H11ClF3NO2. The monoisotopic (exact) mass is 281 g/mol. The first kappa shape index (κ1) is 14.6. The largest absolute Gasteiger partial charge is 0.478 e. The molecule has 100 valence electrons. The van der Waals surface area contributed by atoms with Crippen LogP contribution in [-0.4, -0.2) is 23.3 Å². The first-order valence-electron chi connectivity index (χ1n) is 5.05. The third-order valence-corrected chi connectivity index (χ3v) is 2.39. The smallest absolute Gasteiger partial charge is 0.391 e. The van der Waals surface area contributed by atoms with E-state index in [1.54, 1.807) is 0 Å². The standard InChI is InChI=1S/C11H11ClF3NO2/c1-6(5-11(13,14)15)16-9-3-2-7(12)4-8(9)10(17)18/h2-4,6,16H,5H2,1H3,(H,17,18). The molecule has 18 heavy (non-hydrogen) atoms. The van der Waals surface area contributed by atoms with Gasteiger partial charge in [-0.05, 0) is 25.1 Å². The van der Waals surface area contributed by atoms with Gasteiger partial charge >= 0.3 is 12.1 Å². The summed E-state index contributed by atoms with van der Waals surface area (Å²) in [5.74, 6) is -1.25. The molecule has 0 radical (unpaired) electrons. The molecule has 0 aromatic heterocycles. The second-order valence-corrected chi connectivity index (χ2v) is 4.30. The number of rotatable bonds is 4. The lowest BCUT2D eigenvalue weighted by Gasteiger charge is -2.18. The number of halogens is 4. The number of alkyl halides is 3. The highest BCUT2D eigenvalue weighted by atomic mass is 35.5. The lowest BCUT2D eigenvalue weighted by atomic mass is 10.1. The summed E-state index contributed by atoms with van der Waals surface area (Å²) in [6, 6.07) is 3.02. The SMILES string of the molecule is CC(CC(F)(F)F)Nc1ccc(Cl)cc1C(=O)O. The Morgan fingerprint density at radius 2 is 2.11 bits per heavy atom. The van der Waals surface area contributed by atoms with Crippen LogP contribution in [0.4, 0.5) is 18.9 Å². The Morgan fingerprint density at radius 1 is 1.50 bits per heavy atom. The van der Waals surface area contributed by atoms with E-state index in [1.165, 1.54) is 25.1 Å². The molecule has 2 N–H and O–H groups in total. The summed E-state index contributed by atoms with van der Waals surface area (Å²) in [6.07, 6.45) is -5.35. The number of hydrogen-bond donors (Lipinski definition) is 2. The van der Waals surface area contributed by atoms with Gasteiger partial charge in [0.15, 0.2) is 0 Å². The zero-order chi connectivity index (χ0) is 13.9. The molecule has 0 heterocycles. The summed E-state index contributed by atoms with van der Waals surface area (Å²) in [4.78, 5) is 10.9. The van der Waals surface area contributed by atoms with Crippen LogP contribution in [0.2, 0.25) is 5.02 Å². The lowest BCUT2D eigenvalue weighted by molar-refractivity contribution is -0.136. The second kappa shape index (κ2) is 5.48. The van der Waals surface area contributed by atoms with Gasteiger partial charge in [-0.2, -0.15) is 13.2 Å². The van der Waals surface area contributed by atoms with E-state index in [0.717, 1.165) is 0 Å². The summed E-state index contributed by atoms with van der Waals surface area (Å²) < 4.78 is 36.5. The molecule has 1 rings (SSSR count). The Labute approximate surface area is 107 Å². The van der Waals surface area contributed by atoms with Crippen molar-refractivity contribution in [3.8, 4) is 0 Å². The maximum Gasteiger partial charge on any atom is 0.391 e. The molecule has 0 bridgehead atoms. The van der Waals surface area contributed by atoms with E-state index in [-0.39, 0.29) is 16.3 Å². The van der Waals surface area contributed by atoms with Crippen molar-refractivity contribution in [1.82, 2.24) is 0 Å². The molecular weight excluding hydrogens is 271 g/mol. The Morgan fingerprint density at radius 3 is 2.61 bits per heavy atom. The molecule has 1 aromatic carbocycles. The molecule has 7 heteroatoms. The van der Waals surface area contributed by atoms with Gasteiger partial charge < -0.3 is 10.4 Å². The Balaban J connectivity index is 2.87. The van der Waals surface area contributed by atoms with Crippen LogP contribution in [-0.2, 0) is 0 Å². The molecule has 0 aliphatic heterocycles. The van der Waals surface area contributed by atoms with Gasteiger partial charge in [0, 0.05) is 16.8 Å². The van der Waals surface area contributed by atoms with Gasteiger partial charge in [-0.3, -0.25) is 0 Å². The summed E-state index contributed by atoms with van der Waals surface area (Å²) in [7, 11) is 0. The van der Waals surface area contributed by atoms with E-state index in [2.05, 4.69) is 5.32 Å². The number of aromatic carboxylic acids is 1. The molecule has 1 unspecified atom stereocenters. The van der Waals surface area contributed by atoms with Crippen molar-refractivity contribution in [2.45, 2.75) is 25.6 Å². The Hall–Kier alpha value is -1.43. The van der Waals surface area contributed by atoms with Gasteiger partial charge in [-0.25, -0.2) is 4.79 Å². The van der Waals surface area contributed by atoms with Crippen molar-refractivity contribution < 1.29 is 23.1 Å². The van der Waals surface area contributed by atoms with E-state index in [1.807, 2.05) is 0 Å². The topological polar surface area (TPSA) is 49.3 Å². The molecule has 1 aromatic rings. The minimum absolute atomic E-state index is 0.114. The second-order valence-electron chi connectivity index (χ2n) is 3.86. The molecule has 1 atom stereocenters. The van der Waals surface area contributed by atoms with Crippen molar-refractivity contribution in [2.75, 3.05) is 5.32 Å². The van der Waals surface area contributed by atoms with Gasteiger partial charge in [0.05, 0.1) is 12.0 Å². The zero-order valence-electron chi connectivity index (χ0n) is 9.38. The molecule has 0 amide bonds. The number of carbonyl (C=O) groups is 1. The maximum atomic E-state index is 12.2. The number of carboxylic acid groups (broad SMARTS) is 1. The number of nitrogens with one attached hydrogen (secondary N) is 1. The van der Waals surface area contributed by atoms with Gasteiger partial charge in [-0.15, -0.1) is 0 Å². The van der Waals surface area contributed by atoms with Crippen molar-refractivity contribution >= 4 is 23.3 Å². The number of anilines is 1. The molecule has 0 fully saturated rings. The minimum atomic E-state index is -4.30. The Kier molecular flexibility index (Phi) is 4.45. The van der Waals surface area contributed by atoms with Crippen molar-refractivity contribution in [2.24, 2.45) is 0 Å². The molecule has 0 aliphatic rings.